The Labute approximate surface area is 147 Å². The third-order valence-corrected chi connectivity index (χ3v) is 4.26. The Balaban J connectivity index is 0.00000361. The zero-order valence-electron chi connectivity index (χ0n) is 12.1. The second-order valence-corrected chi connectivity index (χ2v) is 6.52. The third kappa shape index (κ3) is 8.86. The summed E-state index contributed by atoms with van der Waals surface area (Å²) in [5.41, 5.74) is 0. The van der Waals surface area contributed by atoms with Crippen LogP contribution in [0.5, 0.6) is 0 Å². The number of aliphatic imine (C=N–C) groups is 1. The Bertz CT molecular complexity index is 405. The van der Waals surface area contributed by atoms with Gasteiger partial charge in [0.2, 0.25) is 0 Å². The molecule has 0 radical (unpaired) electrons. The Morgan fingerprint density at radius 3 is 2.85 bits per heavy atom. The number of halogens is 1. The molecule has 0 bridgehead atoms. The Hall–Kier alpha value is -0.210. The van der Waals surface area contributed by atoms with Crippen LogP contribution in [-0.4, -0.2) is 30.6 Å². The van der Waals surface area contributed by atoms with Crippen molar-refractivity contribution < 1.29 is 0 Å². The zero-order chi connectivity index (χ0) is 13.9. The number of guanidine groups is 1. The summed E-state index contributed by atoms with van der Waals surface area (Å²) in [6, 6.07) is 4.29. The number of nitrogens with zero attached hydrogens (tertiary/aromatic N) is 1. The van der Waals surface area contributed by atoms with E-state index in [0.717, 1.165) is 37.1 Å². The molecule has 0 aliphatic rings. The molecule has 0 aliphatic carbocycles. The van der Waals surface area contributed by atoms with Gasteiger partial charge in [0.25, 0.3) is 0 Å². The molecule has 114 valence electrons. The van der Waals surface area contributed by atoms with Gasteiger partial charge in [-0.25, -0.2) is 4.99 Å². The summed E-state index contributed by atoms with van der Waals surface area (Å²) in [7, 11) is 0. The maximum absolute atomic E-state index is 4.59. The van der Waals surface area contributed by atoms with Gasteiger partial charge in [-0.1, -0.05) is 6.08 Å². The summed E-state index contributed by atoms with van der Waals surface area (Å²) in [5, 5.41) is 6.61. The van der Waals surface area contributed by atoms with Gasteiger partial charge < -0.3 is 10.6 Å². The van der Waals surface area contributed by atoms with E-state index >= 15 is 0 Å². The number of thiophene rings is 1. The highest BCUT2D eigenvalue weighted by Gasteiger charge is 1.99. The molecule has 1 aromatic rings. The minimum Gasteiger partial charge on any atom is -0.357 e. The van der Waals surface area contributed by atoms with Crippen LogP contribution in [0.4, 0.5) is 0 Å². The lowest BCUT2D eigenvalue weighted by Gasteiger charge is -2.10. The highest BCUT2D eigenvalue weighted by atomic mass is 127. The summed E-state index contributed by atoms with van der Waals surface area (Å²) in [6.07, 6.45) is 1.93. The van der Waals surface area contributed by atoms with Crippen molar-refractivity contribution in [3.63, 3.8) is 0 Å². The lowest BCUT2D eigenvalue weighted by molar-refractivity contribution is 0.845. The van der Waals surface area contributed by atoms with E-state index < -0.39 is 0 Å². The largest absolute Gasteiger partial charge is 0.357 e. The Kier molecular flexibility index (Phi) is 12.4. The standard InChI is InChI=1S/C14H23N3S2.HI/c1-4-9-18-10-8-16-14(15-5-2)17-11-13-7-6-12(3)19-13;/h4,6-7H,1,5,8-11H2,2-3H3,(H2,15,16,17);1H. The quantitative estimate of drug-likeness (QED) is 0.220. The number of hydrogen-bond acceptors (Lipinski definition) is 3. The normalized spacial score (nSPS) is 10.8. The van der Waals surface area contributed by atoms with Crippen LogP contribution in [0.3, 0.4) is 0 Å². The van der Waals surface area contributed by atoms with Crippen LogP contribution in [0.15, 0.2) is 29.8 Å². The van der Waals surface area contributed by atoms with Crippen LogP contribution >= 0.6 is 47.1 Å². The maximum Gasteiger partial charge on any atom is 0.191 e. The Morgan fingerprint density at radius 1 is 1.45 bits per heavy atom. The van der Waals surface area contributed by atoms with Gasteiger partial charge in [0.1, 0.15) is 0 Å². The van der Waals surface area contributed by atoms with Crippen LogP contribution < -0.4 is 10.6 Å². The fourth-order valence-corrected chi connectivity index (χ4v) is 2.87. The van der Waals surface area contributed by atoms with E-state index in [4.69, 9.17) is 0 Å². The van der Waals surface area contributed by atoms with Crippen molar-refractivity contribution in [2.45, 2.75) is 20.4 Å². The van der Waals surface area contributed by atoms with Crippen LogP contribution in [-0.2, 0) is 6.54 Å². The van der Waals surface area contributed by atoms with Gasteiger partial charge >= 0.3 is 0 Å². The SMILES string of the molecule is C=CCSCCNC(=NCc1ccc(C)s1)NCC.I. The molecule has 0 spiro atoms. The van der Waals surface area contributed by atoms with E-state index in [1.807, 2.05) is 17.8 Å². The summed E-state index contributed by atoms with van der Waals surface area (Å²) in [6.45, 7) is 10.5. The van der Waals surface area contributed by atoms with E-state index in [2.05, 4.69) is 48.2 Å². The first-order chi connectivity index (χ1) is 9.26. The van der Waals surface area contributed by atoms with E-state index in [-0.39, 0.29) is 24.0 Å². The molecule has 0 aromatic carbocycles. The molecule has 0 aliphatic heterocycles. The summed E-state index contributed by atoms with van der Waals surface area (Å²) < 4.78 is 0. The van der Waals surface area contributed by atoms with Crippen molar-refractivity contribution in [2.24, 2.45) is 4.99 Å². The van der Waals surface area contributed by atoms with Crippen molar-refractivity contribution in [1.82, 2.24) is 10.6 Å². The molecule has 0 unspecified atom stereocenters. The van der Waals surface area contributed by atoms with Gasteiger partial charge in [0, 0.05) is 34.3 Å². The molecule has 1 heterocycles. The molecule has 0 saturated heterocycles. The molecule has 0 amide bonds. The van der Waals surface area contributed by atoms with Crippen molar-refractivity contribution in [1.29, 1.82) is 0 Å². The second kappa shape index (κ2) is 12.5. The molecule has 6 heteroatoms. The van der Waals surface area contributed by atoms with Gasteiger partial charge in [-0.15, -0.1) is 41.9 Å². The van der Waals surface area contributed by atoms with Gasteiger partial charge in [-0.3, -0.25) is 0 Å². The molecule has 20 heavy (non-hydrogen) atoms. The number of thioether (sulfide) groups is 1. The Morgan fingerprint density at radius 2 is 2.25 bits per heavy atom. The number of nitrogens with one attached hydrogen (secondary N) is 2. The van der Waals surface area contributed by atoms with E-state index in [1.54, 1.807) is 11.3 Å². The van der Waals surface area contributed by atoms with E-state index in [1.165, 1.54) is 9.75 Å². The molecule has 0 fully saturated rings. The number of rotatable bonds is 8. The van der Waals surface area contributed by atoms with Gasteiger partial charge in [0.15, 0.2) is 5.96 Å². The smallest absolute Gasteiger partial charge is 0.191 e. The first kappa shape index (κ1) is 19.8. The van der Waals surface area contributed by atoms with Crippen molar-refractivity contribution in [3.05, 3.63) is 34.5 Å². The minimum atomic E-state index is 0. The van der Waals surface area contributed by atoms with E-state index in [9.17, 15) is 0 Å². The average molecular weight is 425 g/mol. The first-order valence-electron chi connectivity index (χ1n) is 6.52. The predicted molar refractivity (Wildman–Crippen MR) is 105 cm³/mol. The summed E-state index contributed by atoms with van der Waals surface area (Å²) >= 11 is 3.67. The summed E-state index contributed by atoms with van der Waals surface area (Å²) in [5.74, 6) is 2.96. The van der Waals surface area contributed by atoms with Crippen molar-refractivity contribution in [3.8, 4) is 0 Å². The predicted octanol–water partition coefficient (Wildman–Crippen LogP) is 3.65. The lowest BCUT2D eigenvalue weighted by atomic mass is 10.4. The number of hydrogen-bond donors (Lipinski definition) is 2. The van der Waals surface area contributed by atoms with Crippen LogP contribution in [0.1, 0.15) is 16.7 Å². The zero-order valence-corrected chi connectivity index (χ0v) is 16.1. The molecule has 0 atom stereocenters. The van der Waals surface area contributed by atoms with Gasteiger partial charge in [-0.05, 0) is 26.0 Å². The molecule has 1 aromatic heterocycles. The maximum atomic E-state index is 4.59. The molecule has 2 N–H and O–H groups in total. The van der Waals surface area contributed by atoms with Crippen LogP contribution in [0.25, 0.3) is 0 Å². The highest BCUT2D eigenvalue weighted by Crippen LogP contribution is 2.15. The summed E-state index contributed by atoms with van der Waals surface area (Å²) in [4.78, 5) is 7.23. The lowest BCUT2D eigenvalue weighted by Crippen LogP contribution is -2.38. The second-order valence-electron chi connectivity index (χ2n) is 4.00. The van der Waals surface area contributed by atoms with Crippen molar-refractivity contribution in [2.75, 3.05) is 24.6 Å². The minimum absolute atomic E-state index is 0. The highest BCUT2D eigenvalue weighted by molar-refractivity contribution is 14.0. The third-order valence-electron chi connectivity index (χ3n) is 2.31. The van der Waals surface area contributed by atoms with Crippen LogP contribution in [0.2, 0.25) is 0 Å². The molecular weight excluding hydrogens is 401 g/mol. The van der Waals surface area contributed by atoms with E-state index in [0.29, 0.717) is 0 Å². The topological polar surface area (TPSA) is 36.4 Å². The van der Waals surface area contributed by atoms with Crippen LogP contribution in [0, 0.1) is 6.92 Å². The monoisotopic (exact) mass is 425 g/mol. The fourth-order valence-electron chi connectivity index (χ4n) is 1.48. The molecule has 1 rings (SSSR count). The van der Waals surface area contributed by atoms with Gasteiger partial charge in [0.05, 0.1) is 6.54 Å². The first-order valence-corrected chi connectivity index (χ1v) is 8.49. The fraction of sp³-hybridized carbons (Fsp3) is 0.500. The average Bonchev–Trinajstić information content (AvgIpc) is 2.81. The molecular formula is C14H24IN3S2. The van der Waals surface area contributed by atoms with Crippen molar-refractivity contribution >= 4 is 53.0 Å². The molecule has 0 saturated carbocycles. The number of aryl methyl sites for hydroxylation is 1. The molecule has 3 nitrogen and oxygen atoms in total. The van der Waals surface area contributed by atoms with Gasteiger partial charge in [-0.2, -0.15) is 11.8 Å².